The van der Waals surface area contributed by atoms with E-state index in [9.17, 15) is 0 Å². The molecule has 0 atom stereocenters. The summed E-state index contributed by atoms with van der Waals surface area (Å²) in [6.45, 7) is 7.50. The van der Waals surface area contributed by atoms with E-state index >= 15 is 0 Å². The van der Waals surface area contributed by atoms with Crippen molar-refractivity contribution in [3.05, 3.63) is 11.9 Å². The van der Waals surface area contributed by atoms with E-state index < -0.39 is 0 Å². The molecule has 13 heavy (non-hydrogen) atoms. The highest BCUT2D eigenvalue weighted by Crippen LogP contribution is 2.14. The van der Waals surface area contributed by atoms with E-state index in [0.717, 1.165) is 25.1 Å². The Morgan fingerprint density at radius 3 is 2.77 bits per heavy atom. The Kier molecular flexibility index (Phi) is 3.34. The fourth-order valence-electron chi connectivity index (χ4n) is 1.44. The van der Waals surface area contributed by atoms with Crippen molar-refractivity contribution in [2.45, 2.75) is 40.2 Å². The van der Waals surface area contributed by atoms with Gasteiger partial charge in [-0.25, -0.2) is 0 Å². The van der Waals surface area contributed by atoms with Crippen LogP contribution in [-0.4, -0.2) is 9.78 Å². The third kappa shape index (κ3) is 2.47. The molecule has 0 aliphatic rings. The number of aromatic nitrogens is 2. The highest BCUT2D eigenvalue weighted by molar-refractivity contribution is 5.40. The Morgan fingerprint density at radius 2 is 2.23 bits per heavy atom. The molecule has 0 aliphatic heterocycles. The Bertz CT molecular complexity index is 263. The molecule has 0 aliphatic carbocycles. The van der Waals surface area contributed by atoms with Crippen molar-refractivity contribution < 1.29 is 0 Å². The van der Waals surface area contributed by atoms with Crippen molar-refractivity contribution in [2.75, 3.05) is 5.73 Å². The van der Waals surface area contributed by atoms with Gasteiger partial charge < -0.3 is 5.73 Å². The molecule has 0 fully saturated rings. The summed E-state index contributed by atoms with van der Waals surface area (Å²) in [5, 5.41) is 4.27. The van der Waals surface area contributed by atoms with Gasteiger partial charge in [0.25, 0.3) is 0 Å². The number of hydrogen-bond acceptors (Lipinski definition) is 2. The highest BCUT2D eigenvalue weighted by atomic mass is 15.3. The van der Waals surface area contributed by atoms with Crippen molar-refractivity contribution in [3.63, 3.8) is 0 Å². The van der Waals surface area contributed by atoms with Gasteiger partial charge in [-0.15, -0.1) is 0 Å². The lowest BCUT2D eigenvalue weighted by molar-refractivity contribution is 0.468. The first-order valence-corrected chi connectivity index (χ1v) is 4.95. The summed E-state index contributed by atoms with van der Waals surface area (Å²) in [7, 11) is 0. The largest absolute Gasteiger partial charge is 0.396 e. The van der Waals surface area contributed by atoms with Crippen LogP contribution in [0, 0.1) is 5.92 Å². The first-order chi connectivity index (χ1) is 6.15. The van der Waals surface area contributed by atoms with Crippen LogP contribution in [0.2, 0.25) is 0 Å². The van der Waals surface area contributed by atoms with E-state index in [1.54, 1.807) is 6.20 Å². The summed E-state index contributed by atoms with van der Waals surface area (Å²) in [5.74, 6) is 0.620. The minimum Gasteiger partial charge on any atom is -0.396 e. The number of nitrogen functional groups attached to an aromatic ring is 1. The van der Waals surface area contributed by atoms with Gasteiger partial charge in [0.2, 0.25) is 0 Å². The van der Waals surface area contributed by atoms with Crippen LogP contribution in [0.15, 0.2) is 6.20 Å². The van der Waals surface area contributed by atoms with Gasteiger partial charge >= 0.3 is 0 Å². The van der Waals surface area contributed by atoms with E-state index in [2.05, 4.69) is 25.9 Å². The lowest BCUT2D eigenvalue weighted by Crippen LogP contribution is -2.10. The summed E-state index contributed by atoms with van der Waals surface area (Å²) in [5.41, 5.74) is 7.85. The van der Waals surface area contributed by atoms with Gasteiger partial charge in [0.15, 0.2) is 0 Å². The monoisotopic (exact) mass is 181 g/mol. The van der Waals surface area contributed by atoms with E-state index in [4.69, 9.17) is 5.73 Å². The third-order valence-electron chi connectivity index (χ3n) is 2.01. The van der Waals surface area contributed by atoms with E-state index in [1.165, 1.54) is 5.69 Å². The summed E-state index contributed by atoms with van der Waals surface area (Å²) in [6, 6.07) is 0. The van der Waals surface area contributed by atoms with Crippen LogP contribution in [0.4, 0.5) is 5.69 Å². The van der Waals surface area contributed by atoms with Gasteiger partial charge in [-0.2, -0.15) is 5.10 Å². The summed E-state index contributed by atoms with van der Waals surface area (Å²) >= 11 is 0. The van der Waals surface area contributed by atoms with Crippen LogP contribution in [0.25, 0.3) is 0 Å². The van der Waals surface area contributed by atoms with Gasteiger partial charge in [-0.3, -0.25) is 4.68 Å². The molecule has 0 radical (unpaired) electrons. The van der Waals surface area contributed by atoms with Crippen LogP contribution in [0.5, 0.6) is 0 Å². The molecular weight excluding hydrogens is 162 g/mol. The van der Waals surface area contributed by atoms with Crippen molar-refractivity contribution in [3.8, 4) is 0 Å². The predicted molar refractivity (Wildman–Crippen MR) is 55.5 cm³/mol. The Morgan fingerprint density at radius 1 is 1.54 bits per heavy atom. The number of anilines is 1. The normalized spacial score (nSPS) is 11.1. The van der Waals surface area contributed by atoms with E-state index in [-0.39, 0.29) is 0 Å². The molecule has 1 aromatic heterocycles. The number of nitrogens with zero attached hydrogens (tertiary/aromatic N) is 2. The first kappa shape index (κ1) is 10.1. The summed E-state index contributed by atoms with van der Waals surface area (Å²) in [6.07, 6.45) is 3.90. The molecule has 1 heterocycles. The van der Waals surface area contributed by atoms with Crippen molar-refractivity contribution in [1.82, 2.24) is 9.78 Å². The molecule has 0 aromatic carbocycles. The zero-order valence-corrected chi connectivity index (χ0v) is 8.75. The Hall–Kier alpha value is -0.990. The molecule has 3 nitrogen and oxygen atoms in total. The topological polar surface area (TPSA) is 43.8 Å². The number of hydrogen-bond donors (Lipinski definition) is 1. The minimum absolute atomic E-state index is 0.620. The highest BCUT2D eigenvalue weighted by Gasteiger charge is 2.07. The molecule has 0 saturated carbocycles. The summed E-state index contributed by atoms with van der Waals surface area (Å²) < 4.78 is 2.03. The second-order valence-corrected chi connectivity index (χ2v) is 3.87. The van der Waals surface area contributed by atoms with Gasteiger partial charge in [-0.1, -0.05) is 27.2 Å². The van der Waals surface area contributed by atoms with Gasteiger partial charge in [0.05, 0.1) is 17.6 Å². The molecule has 1 aromatic rings. The maximum Gasteiger partial charge on any atom is 0.0733 e. The standard InChI is InChI=1S/C10H19N3/c1-4-5-10-9(11)6-12-13(10)7-8(2)3/h6,8H,4-5,7,11H2,1-3H3. The lowest BCUT2D eigenvalue weighted by atomic mass is 10.2. The third-order valence-corrected chi connectivity index (χ3v) is 2.01. The SMILES string of the molecule is CCCc1c(N)cnn1CC(C)C. The average Bonchev–Trinajstić information content (AvgIpc) is 2.35. The molecule has 3 heteroatoms. The molecular formula is C10H19N3. The van der Waals surface area contributed by atoms with Crippen LogP contribution in [-0.2, 0) is 13.0 Å². The van der Waals surface area contributed by atoms with Gasteiger partial charge in [-0.05, 0) is 12.3 Å². The summed E-state index contributed by atoms with van der Waals surface area (Å²) in [4.78, 5) is 0. The van der Waals surface area contributed by atoms with Gasteiger partial charge in [0, 0.05) is 6.54 Å². The number of nitrogens with two attached hydrogens (primary N) is 1. The molecule has 74 valence electrons. The zero-order valence-electron chi connectivity index (χ0n) is 8.75. The van der Waals surface area contributed by atoms with E-state index in [0.29, 0.717) is 5.92 Å². The zero-order chi connectivity index (χ0) is 9.84. The maximum absolute atomic E-state index is 5.82. The molecule has 0 spiro atoms. The van der Waals surface area contributed by atoms with Crippen molar-refractivity contribution in [2.24, 2.45) is 5.92 Å². The van der Waals surface area contributed by atoms with Crippen molar-refractivity contribution in [1.29, 1.82) is 0 Å². The molecule has 0 bridgehead atoms. The lowest BCUT2D eigenvalue weighted by Gasteiger charge is -2.09. The maximum atomic E-state index is 5.82. The van der Waals surface area contributed by atoms with Gasteiger partial charge in [0.1, 0.15) is 0 Å². The van der Waals surface area contributed by atoms with Crippen LogP contribution in [0.3, 0.4) is 0 Å². The Labute approximate surface area is 79.9 Å². The first-order valence-electron chi connectivity index (χ1n) is 4.95. The average molecular weight is 181 g/mol. The van der Waals surface area contributed by atoms with Crippen molar-refractivity contribution >= 4 is 5.69 Å². The molecule has 0 amide bonds. The van der Waals surface area contributed by atoms with E-state index in [1.807, 2.05) is 4.68 Å². The molecule has 0 unspecified atom stereocenters. The Balaban J connectivity index is 2.80. The fourth-order valence-corrected chi connectivity index (χ4v) is 1.44. The quantitative estimate of drug-likeness (QED) is 0.772. The molecule has 2 N–H and O–H groups in total. The van der Waals surface area contributed by atoms with Crippen LogP contribution >= 0.6 is 0 Å². The number of rotatable bonds is 4. The second kappa shape index (κ2) is 4.30. The fraction of sp³-hybridized carbons (Fsp3) is 0.700. The predicted octanol–water partition coefficient (Wildman–Crippen LogP) is 2.07. The molecule has 1 rings (SSSR count). The minimum atomic E-state index is 0.620. The van der Waals surface area contributed by atoms with Crippen LogP contribution in [0.1, 0.15) is 32.9 Å². The second-order valence-electron chi connectivity index (χ2n) is 3.87. The van der Waals surface area contributed by atoms with Crippen LogP contribution < -0.4 is 5.73 Å². The molecule has 0 saturated heterocycles. The smallest absolute Gasteiger partial charge is 0.0733 e.